The number of ether oxygens (including phenoxy) is 2. The number of hydrogen-bond acceptors (Lipinski definition) is 3. The van der Waals surface area contributed by atoms with Crippen LogP contribution in [0, 0.1) is 5.92 Å². The van der Waals surface area contributed by atoms with Crippen LogP contribution >= 0.6 is 12.6 Å². The average molecular weight is 186 g/mol. The second-order valence-corrected chi connectivity index (χ2v) is 3.86. The van der Waals surface area contributed by atoms with Gasteiger partial charge >= 0.3 is 0 Å². The first-order chi connectivity index (χ1) is 5.55. The summed E-state index contributed by atoms with van der Waals surface area (Å²) >= 11 is 4.24. The highest BCUT2D eigenvalue weighted by Gasteiger charge is 2.46. The number of thiol groups is 1. The molecule has 1 aliphatic heterocycles. The van der Waals surface area contributed by atoms with Gasteiger partial charge in [0.2, 0.25) is 0 Å². The van der Waals surface area contributed by atoms with E-state index in [1.54, 1.807) is 7.11 Å². The minimum atomic E-state index is -0.317. The zero-order chi connectivity index (χ0) is 9.35. The maximum absolute atomic E-state index is 5.75. The predicted molar refractivity (Wildman–Crippen MR) is 52.8 cm³/mol. The molecule has 4 heteroatoms. The van der Waals surface area contributed by atoms with Crippen molar-refractivity contribution < 1.29 is 9.47 Å². The third-order valence-electron chi connectivity index (χ3n) is 2.77. The molecular formula is C8H15BO2S. The topological polar surface area (TPSA) is 18.5 Å². The molecule has 0 amide bonds. The maximum atomic E-state index is 5.75. The van der Waals surface area contributed by atoms with Gasteiger partial charge < -0.3 is 9.47 Å². The minimum Gasteiger partial charge on any atom is -0.379 e. The quantitative estimate of drug-likeness (QED) is 0.509. The van der Waals surface area contributed by atoms with E-state index >= 15 is 0 Å². The molecule has 4 atom stereocenters. The van der Waals surface area contributed by atoms with Crippen LogP contribution in [0.3, 0.4) is 0 Å². The van der Waals surface area contributed by atoms with E-state index < -0.39 is 0 Å². The summed E-state index contributed by atoms with van der Waals surface area (Å²) < 4.78 is 10.8. The molecule has 1 unspecified atom stereocenters. The molecule has 0 saturated carbocycles. The highest BCUT2D eigenvalue weighted by atomic mass is 32.1. The van der Waals surface area contributed by atoms with E-state index in [2.05, 4.69) is 19.6 Å². The van der Waals surface area contributed by atoms with Gasteiger partial charge in [0.25, 0.3) is 0 Å². The largest absolute Gasteiger partial charge is 0.379 e. The van der Waals surface area contributed by atoms with Gasteiger partial charge in [-0.2, -0.15) is 12.6 Å². The van der Waals surface area contributed by atoms with Gasteiger partial charge in [-0.25, -0.2) is 0 Å². The van der Waals surface area contributed by atoms with Crippen molar-refractivity contribution in [2.75, 3.05) is 12.9 Å². The van der Waals surface area contributed by atoms with Crippen LogP contribution in [0.4, 0.5) is 0 Å². The monoisotopic (exact) mass is 186 g/mol. The second-order valence-electron chi connectivity index (χ2n) is 3.54. The summed E-state index contributed by atoms with van der Waals surface area (Å²) in [7, 11) is 7.41. The summed E-state index contributed by atoms with van der Waals surface area (Å²) in [6.45, 7) is 4.10. The van der Waals surface area contributed by atoms with Crippen LogP contribution in [0.15, 0.2) is 0 Å². The third kappa shape index (κ3) is 1.52. The number of hydrogen-bond donors (Lipinski definition) is 1. The highest BCUT2D eigenvalue weighted by Crippen LogP contribution is 2.37. The Kier molecular flexibility index (Phi) is 3.13. The number of rotatable bonds is 2. The Bertz CT molecular complexity index is 167. The van der Waals surface area contributed by atoms with Gasteiger partial charge in [0.1, 0.15) is 7.85 Å². The van der Waals surface area contributed by atoms with Crippen LogP contribution in [0.5, 0.6) is 0 Å². The zero-order valence-electron chi connectivity index (χ0n) is 7.78. The van der Waals surface area contributed by atoms with E-state index in [9.17, 15) is 0 Å². The Hall–Kier alpha value is 0.335. The van der Waals surface area contributed by atoms with Crippen LogP contribution in [-0.2, 0) is 9.47 Å². The van der Waals surface area contributed by atoms with E-state index in [0.29, 0.717) is 5.75 Å². The van der Waals surface area contributed by atoms with Crippen molar-refractivity contribution in [1.82, 2.24) is 0 Å². The van der Waals surface area contributed by atoms with Crippen LogP contribution in [0.2, 0.25) is 0 Å². The Balaban J connectivity index is 2.74. The summed E-state index contributed by atoms with van der Waals surface area (Å²) in [5, 5.41) is 0. The molecule has 0 bridgehead atoms. The lowest BCUT2D eigenvalue weighted by molar-refractivity contribution is 0.000159. The molecule has 0 aromatic carbocycles. The molecule has 12 heavy (non-hydrogen) atoms. The second kappa shape index (κ2) is 3.60. The molecule has 0 aromatic heterocycles. The van der Waals surface area contributed by atoms with E-state index in [1.165, 1.54) is 0 Å². The van der Waals surface area contributed by atoms with Gasteiger partial charge in [-0.15, -0.1) is 0 Å². The molecule has 0 N–H and O–H groups in total. The maximum Gasteiger partial charge on any atom is 0.112 e. The van der Waals surface area contributed by atoms with Crippen molar-refractivity contribution in [3.8, 4) is 0 Å². The van der Waals surface area contributed by atoms with Crippen LogP contribution in [0.1, 0.15) is 13.8 Å². The van der Waals surface area contributed by atoms with Crippen LogP contribution < -0.4 is 0 Å². The molecule has 0 aromatic rings. The van der Waals surface area contributed by atoms with Gasteiger partial charge in [0.15, 0.2) is 0 Å². The van der Waals surface area contributed by atoms with Gasteiger partial charge in [-0.1, -0.05) is 6.92 Å². The van der Waals surface area contributed by atoms with Crippen LogP contribution in [-0.4, -0.2) is 38.4 Å². The van der Waals surface area contributed by atoms with Crippen molar-refractivity contribution in [3.63, 3.8) is 0 Å². The Morgan fingerprint density at radius 1 is 1.67 bits per heavy atom. The van der Waals surface area contributed by atoms with Crippen molar-refractivity contribution >= 4 is 20.5 Å². The SMILES string of the molecule is [B][C@@H]1O[C@](C)(CS)[C@H](C)C1OC. The lowest BCUT2D eigenvalue weighted by Gasteiger charge is -2.27. The molecule has 1 heterocycles. The van der Waals surface area contributed by atoms with Crippen molar-refractivity contribution in [1.29, 1.82) is 0 Å². The van der Waals surface area contributed by atoms with Crippen molar-refractivity contribution in [2.24, 2.45) is 5.92 Å². The smallest absolute Gasteiger partial charge is 0.112 e. The summed E-state index contributed by atoms with van der Waals surface area (Å²) in [6.07, 6.45) is -0.0119. The average Bonchev–Trinajstić information content (AvgIpc) is 2.25. The van der Waals surface area contributed by atoms with Crippen molar-refractivity contribution in [2.45, 2.75) is 31.6 Å². The zero-order valence-corrected chi connectivity index (χ0v) is 8.67. The van der Waals surface area contributed by atoms with E-state index in [1.807, 2.05) is 6.92 Å². The van der Waals surface area contributed by atoms with Gasteiger partial charge in [-0.05, 0) is 6.92 Å². The molecule has 2 radical (unpaired) electrons. The molecule has 1 fully saturated rings. The van der Waals surface area contributed by atoms with Gasteiger partial charge in [0.05, 0.1) is 11.7 Å². The molecule has 0 spiro atoms. The lowest BCUT2D eigenvalue weighted by Crippen LogP contribution is -2.35. The summed E-state index contributed by atoms with van der Waals surface area (Å²) in [4.78, 5) is 0. The van der Waals surface area contributed by atoms with Crippen LogP contribution in [0.25, 0.3) is 0 Å². The lowest BCUT2D eigenvalue weighted by atomic mass is 9.84. The Morgan fingerprint density at radius 3 is 2.50 bits per heavy atom. The molecule has 0 aliphatic carbocycles. The first-order valence-corrected chi connectivity index (χ1v) is 4.75. The predicted octanol–water partition coefficient (Wildman–Crippen LogP) is 0.851. The minimum absolute atomic E-state index is 0.0119. The standard InChI is InChI=1S/C8H15BO2S/c1-5-6(10-3)7(9)11-8(5,2)4-12/h5-7,12H,4H2,1-3H3/t5-,6?,7-,8-/m1/s1. The first kappa shape index (κ1) is 10.4. The molecular weight excluding hydrogens is 171 g/mol. The molecule has 2 nitrogen and oxygen atoms in total. The molecule has 1 rings (SSSR count). The normalized spacial score (nSPS) is 48.2. The number of methoxy groups -OCH3 is 1. The molecule has 1 saturated heterocycles. The summed E-state index contributed by atoms with van der Waals surface area (Å²) in [5.74, 6) is 0.955. The fourth-order valence-corrected chi connectivity index (χ4v) is 2.00. The Labute approximate surface area is 80.8 Å². The summed E-state index contributed by atoms with van der Waals surface area (Å²) in [6, 6.07) is -0.317. The molecule has 68 valence electrons. The first-order valence-electron chi connectivity index (χ1n) is 4.12. The van der Waals surface area contributed by atoms with Gasteiger partial charge in [0, 0.05) is 24.8 Å². The van der Waals surface area contributed by atoms with Crippen molar-refractivity contribution in [3.05, 3.63) is 0 Å². The highest BCUT2D eigenvalue weighted by molar-refractivity contribution is 7.80. The van der Waals surface area contributed by atoms with E-state index in [0.717, 1.165) is 0 Å². The Morgan fingerprint density at radius 2 is 2.25 bits per heavy atom. The van der Waals surface area contributed by atoms with E-state index in [4.69, 9.17) is 17.3 Å². The third-order valence-corrected chi connectivity index (χ3v) is 3.40. The van der Waals surface area contributed by atoms with E-state index in [-0.39, 0.29) is 23.6 Å². The van der Waals surface area contributed by atoms with Gasteiger partial charge in [-0.3, -0.25) is 0 Å². The molecule has 1 aliphatic rings. The summed E-state index contributed by atoms with van der Waals surface area (Å²) in [5.41, 5.74) is -0.247. The fourth-order valence-electron chi connectivity index (χ4n) is 1.64. The fraction of sp³-hybridized carbons (Fsp3) is 1.00.